The normalized spacial score (nSPS) is 10.8. The van der Waals surface area contributed by atoms with Gasteiger partial charge in [0.2, 0.25) is 0 Å². The van der Waals surface area contributed by atoms with Gasteiger partial charge in [-0.25, -0.2) is 18.7 Å². The number of hydrogen-bond acceptors (Lipinski definition) is 3. The van der Waals surface area contributed by atoms with Crippen LogP contribution >= 0.6 is 0 Å². The Morgan fingerprint density at radius 3 is 2.35 bits per heavy atom. The molecule has 0 aliphatic rings. The van der Waals surface area contributed by atoms with Crippen LogP contribution in [0.15, 0.2) is 36.4 Å². The van der Waals surface area contributed by atoms with Crippen LogP contribution in [0, 0.1) is 18.6 Å². The molecule has 4 nitrogen and oxygen atoms in total. The molecule has 0 unspecified atom stereocenters. The summed E-state index contributed by atoms with van der Waals surface area (Å²) in [4.78, 5) is 8.38. The first kappa shape index (κ1) is 12.4. The van der Waals surface area contributed by atoms with Crippen molar-refractivity contribution in [3.63, 3.8) is 0 Å². The van der Waals surface area contributed by atoms with Gasteiger partial charge in [0.1, 0.15) is 17.3 Å². The molecule has 0 fully saturated rings. The molecule has 0 atom stereocenters. The summed E-state index contributed by atoms with van der Waals surface area (Å²) in [7, 11) is 0. The first-order valence-electron chi connectivity index (χ1n) is 5.96. The molecule has 0 spiro atoms. The highest BCUT2D eigenvalue weighted by molar-refractivity contribution is 5.60. The monoisotopic (exact) mass is 272 g/mol. The quantitative estimate of drug-likeness (QED) is 0.779. The van der Waals surface area contributed by atoms with Gasteiger partial charge in [0, 0.05) is 5.69 Å². The number of nitrogens with one attached hydrogen (secondary N) is 1. The van der Waals surface area contributed by atoms with Crippen LogP contribution in [0.4, 0.5) is 8.78 Å². The van der Waals surface area contributed by atoms with E-state index in [1.54, 1.807) is 6.07 Å². The van der Waals surface area contributed by atoms with Gasteiger partial charge in [-0.15, -0.1) is 0 Å². The fraction of sp³-hybridized carbons (Fsp3) is 0.0714. The van der Waals surface area contributed by atoms with Crippen LogP contribution in [0.1, 0.15) is 5.69 Å². The topological polar surface area (TPSA) is 54.5 Å². The van der Waals surface area contributed by atoms with Crippen molar-refractivity contribution in [3.05, 3.63) is 53.7 Å². The molecule has 20 heavy (non-hydrogen) atoms. The number of aromatic nitrogens is 4. The molecule has 2 aromatic heterocycles. The van der Waals surface area contributed by atoms with Crippen molar-refractivity contribution in [2.45, 2.75) is 6.92 Å². The van der Waals surface area contributed by atoms with Crippen LogP contribution in [0.5, 0.6) is 0 Å². The number of aromatic amines is 1. The number of benzene rings is 1. The minimum absolute atomic E-state index is 0.0288. The smallest absolute Gasteiger partial charge is 0.187 e. The maximum absolute atomic E-state index is 13.7. The van der Waals surface area contributed by atoms with E-state index in [4.69, 9.17) is 0 Å². The first-order chi connectivity index (χ1) is 9.65. The summed E-state index contributed by atoms with van der Waals surface area (Å²) >= 11 is 0. The molecule has 0 radical (unpaired) electrons. The van der Waals surface area contributed by atoms with Crippen LogP contribution in [0.25, 0.3) is 22.9 Å². The van der Waals surface area contributed by atoms with E-state index in [0.717, 1.165) is 5.69 Å². The molecule has 100 valence electrons. The van der Waals surface area contributed by atoms with Gasteiger partial charge in [-0.3, -0.25) is 5.10 Å². The summed E-state index contributed by atoms with van der Waals surface area (Å²) in [6.07, 6.45) is 0. The molecular weight excluding hydrogens is 262 g/mol. The van der Waals surface area contributed by atoms with E-state index >= 15 is 0 Å². The van der Waals surface area contributed by atoms with E-state index in [1.165, 1.54) is 18.2 Å². The molecule has 0 bridgehead atoms. The number of nitrogens with zero attached hydrogens (tertiary/aromatic N) is 3. The molecule has 1 N–H and O–H groups in total. The third-order valence-electron chi connectivity index (χ3n) is 2.80. The highest BCUT2D eigenvalue weighted by Crippen LogP contribution is 2.24. The number of H-pyrrole nitrogens is 1. The first-order valence-corrected chi connectivity index (χ1v) is 5.96. The summed E-state index contributed by atoms with van der Waals surface area (Å²) in [6, 6.07) is 9.04. The molecule has 0 saturated heterocycles. The van der Waals surface area contributed by atoms with Gasteiger partial charge in [-0.1, -0.05) is 12.1 Å². The van der Waals surface area contributed by atoms with Crippen LogP contribution in [0.2, 0.25) is 0 Å². The second-order valence-electron chi connectivity index (χ2n) is 4.27. The van der Waals surface area contributed by atoms with Gasteiger partial charge in [0.25, 0.3) is 0 Å². The predicted molar refractivity (Wildman–Crippen MR) is 69.7 cm³/mol. The summed E-state index contributed by atoms with van der Waals surface area (Å²) in [6.45, 7) is 1.84. The van der Waals surface area contributed by atoms with E-state index in [1.807, 2.05) is 19.1 Å². The van der Waals surface area contributed by atoms with E-state index in [2.05, 4.69) is 20.2 Å². The maximum atomic E-state index is 13.7. The Hall–Kier alpha value is -2.63. The second-order valence-corrected chi connectivity index (χ2v) is 4.27. The Morgan fingerprint density at radius 1 is 0.950 bits per heavy atom. The molecule has 3 aromatic rings. The van der Waals surface area contributed by atoms with Gasteiger partial charge in [0.15, 0.2) is 11.6 Å². The molecule has 1 aromatic carbocycles. The van der Waals surface area contributed by atoms with Crippen molar-refractivity contribution in [2.75, 3.05) is 0 Å². The zero-order valence-electron chi connectivity index (χ0n) is 10.6. The summed E-state index contributed by atoms with van der Waals surface area (Å²) in [5, 5.41) is 6.50. The molecule has 0 amide bonds. The minimum Gasteiger partial charge on any atom is -0.257 e. The van der Waals surface area contributed by atoms with E-state index in [0.29, 0.717) is 11.5 Å². The Bertz CT molecular complexity index is 747. The molecule has 0 saturated carbocycles. The van der Waals surface area contributed by atoms with Crippen LogP contribution in [-0.2, 0) is 0 Å². The van der Waals surface area contributed by atoms with Crippen molar-refractivity contribution in [1.82, 2.24) is 20.2 Å². The highest BCUT2D eigenvalue weighted by atomic mass is 19.1. The Morgan fingerprint density at radius 2 is 1.65 bits per heavy atom. The fourth-order valence-corrected chi connectivity index (χ4v) is 1.87. The average Bonchev–Trinajstić information content (AvgIpc) is 2.88. The molecule has 3 rings (SSSR count). The van der Waals surface area contributed by atoms with Gasteiger partial charge >= 0.3 is 0 Å². The minimum atomic E-state index is -0.701. The lowest BCUT2D eigenvalue weighted by atomic mass is 10.2. The summed E-state index contributed by atoms with van der Waals surface area (Å²) < 4.78 is 27.3. The zero-order valence-corrected chi connectivity index (χ0v) is 10.6. The van der Waals surface area contributed by atoms with Crippen molar-refractivity contribution in [1.29, 1.82) is 0 Å². The number of rotatable bonds is 2. The van der Waals surface area contributed by atoms with Gasteiger partial charge < -0.3 is 0 Å². The van der Waals surface area contributed by atoms with Gasteiger partial charge in [0.05, 0.1) is 5.56 Å². The standard InChI is InChI=1S/C14H10F2N4/c1-8-4-2-7-11(17-8)13-18-14(20-19-13)12-9(15)5-3-6-10(12)16/h2-7H,1H3,(H,18,19,20). The van der Waals surface area contributed by atoms with E-state index in [9.17, 15) is 8.78 Å². The Balaban J connectivity index is 2.07. The third kappa shape index (κ3) is 2.16. The Kier molecular flexibility index (Phi) is 2.98. The number of pyridine rings is 1. The van der Waals surface area contributed by atoms with Crippen molar-refractivity contribution < 1.29 is 8.78 Å². The van der Waals surface area contributed by atoms with Gasteiger partial charge in [-0.2, -0.15) is 5.10 Å². The van der Waals surface area contributed by atoms with Crippen molar-refractivity contribution in [2.24, 2.45) is 0 Å². The summed E-state index contributed by atoms with van der Waals surface area (Å²) in [5.41, 5.74) is 1.14. The maximum Gasteiger partial charge on any atom is 0.187 e. The molecule has 0 aliphatic heterocycles. The number of halogens is 2. The van der Waals surface area contributed by atoms with Crippen molar-refractivity contribution >= 4 is 0 Å². The van der Waals surface area contributed by atoms with E-state index < -0.39 is 11.6 Å². The average molecular weight is 272 g/mol. The second kappa shape index (κ2) is 4.80. The lowest BCUT2D eigenvalue weighted by Gasteiger charge is -1.99. The Labute approximate surface area is 113 Å². The predicted octanol–water partition coefficient (Wildman–Crippen LogP) is 3.12. The highest BCUT2D eigenvalue weighted by Gasteiger charge is 2.16. The third-order valence-corrected chi connectivity index (χ3v) is 2.80. The zero-order chi connectivity index (χ0) is 14.1. The largest absolute Gasteiger partial charge is 0.257 e. The van der Waals surface area contributed by atoms with Crippen LogP contribution in [0.3, 0.4) is 0 Å². The number of aryl methyl sites for hydroxylation is 1. The number of hydrogen-bond donors (Lipinski definition) is 1. The lowest BCUT2D eigenvalue weighted by molar-refractivity contribution is 0.587. The molecule has 0 aliphatic carbocycles. The molecular formula is C14H10F2N4. The fourth-order valence-electron chi connectivity index (χ4n) is 1.87. The van der Waals surface area contributed by atoms with Crippen molar-refractivity contribution in [3.8, 4) is 22.9 Å². The van der Waals surface area contributed by atoms with Gasteiger partial charge in [-0.05, 0) is 31.2 Å². The molecule has 2 heterocycles. The molecule has 6 heteroatoms. The van der Waals surface area contributed by atoms with Crippen LogP contribution in [-0.4, -0.2) is 20.2 Å². The SMILES string of the molecule is Cc1cccc(-c2nc(-c3c(F)cccc3F)n[nH]2)n1. The summed E-state index contributed by atoms with van der Waals surface area (Å²) in [5.74, 6) is -1.06. The van der Waals surface area contributed by atoms with Crippen LogP contribution < -0.4 is 0 Å². The lowest BCUT2D eigenvalue weighted by Crippen LogP contribution is -1.91. The van der Waals surface area contributed by atoms with E-state index in [-0.39, 0.29) is 11.4 Å².